The van der Waals surface area contributed by atoms with E-state index in [1.807, 2.05) is 37.3 Å². The summed E-state index contributed by atoms with van der Waals surface area (Å²) in [5.74, 6) is -1.40. The maximum Gasteiger partial charge on any atom is 0.255 e. The van der Waals surface area contributed by atoms with Crippen LogP contribution in [-0.2, 0) is 6.54 Å². The first-order valence-corrected chi connectivity index (χ1v) is 12.7. The molecule has 0 aliphatic carbocycles. The van der Waals surface area contributed by atoms with E-state index in [0.717, 1.165) is 43.9 Å². The van der Waals surface area contributed by atoms with E-state index in [0.29, 0.717) is 29.3 Å². The first kappa shape index (κ1) is 25.2. The molecule has 0 saturated carbocycles. The van der Waals surface area contributed by atoms with Crippen LogP contribution in [0.15, 0.2) is 67.1 Å². The second-order valence-electron chi connectivity index (χ2n) is 8.89. The lowest BCUT2D eigenvalue weighted by molar-refractivity contribution is 0.0940. The summed E-state index contributed by atoms with van der Waals surface area (Å²) in [4.78, 5) is 28.0. The summed E-state index contributed by atoms with van der Waals surface area (Å²) in [6, 6.07) is 14.7. The van der Waals surface area contributed by atoms with Crippen LogP contribution in [0.25, 0.3) is 21.3 Å². The molecule has 2 aromatic carbocycles. The molecule has 5 rings (SSSR count). The van der Waals surface area contributed by atoms with Crippen LogP contribution in [0, 0.1) is 18.6 Å². The Labute approximate surface area is 221 Å². The molecule has 3 heterocycles. The van der Waals surface area contributed by atoms with Crippen LogP contribution in [0.2, 0.25) is 0 Å². The third kappa shape index (κ3) is 5.30. The van der Waals surface area contributed by atoms with Crippen molar-refractivity contribution in [2.45, 2.75) is 26.4 Å². The number of aromatic nitrogens is 3. The summed E-state index contributed by atoms with van der Waals surface area (Å²) >= 11 is 1.61. The van der Waals surface area contributed by atoms with Gasteiger partial charge in [0, 0.05) is 21.3 Å². The molecule has 38 heavy (non-hydrogen) atoms. The Bertz CT molecular complexity index is 1650. The van der Waals surface area contributed by atoms with E-state index in [-0.39, 0.29) is 5.91 Å². The van der Waals surface area contributed by atoms with Crippen LogP contribution in [0.3, 0.4) is 0 Å². The highest BCUT2D eigenvalue weighted by Crippen LogP contribution is 2.31. The highest BCUT2D eigenvalue weighted by atomic mass is 32.1. The monoisotopic (exact) mass is 530 g/mol. The van der Waals surface area contributed by atoms with Gasteiger partial charge in [0.05, 0.1) is 23.7 Å². The van der Waals surface area contributed by atoms with Crippen molar-refractivity contribution in [3.8, 4) is 10.4 Å². The fourth-order valence-electron chi connectivity index (χ4n) is 4.05. The SMILES string of the molecule is Cc1cnc(NCc2ccc(-c3ccc4ncnc(N)c4c3)s2)c(C(=O)NC(C)c2ccc(F)c(F)c2)c1. The number of hydrogen-bond donors (Lipinski definition) is 3. The largest absolute Gasteiger partial charge is 0.383 e. The van der Waals surface area contributed by atoms with Crippen LogP contribution in [0.4, 0.5) is 20.4 Å². The lowest BCUT2D eigenvalue weighted by atomic mass is 10.1. The van der Waals surface area contributed by atoms with E-state index in [1.165, 1.54) is 12.4 Å². The number of nitrogens with one attached hydrogen (secondary N) is 2. The van der Waals surface area contributed by atoms with Gasteiger partial charge in [0.15, 0.2) is 11.6 Å². The smallest absolute Gasteiger partial charge is 0.255 e. The molecule has 0 aliphatic heterocycles. The first-order valence-electron chi connectivity index (χ1n) is 11.8. The summed E-state index contributed by atoms with van der Waals surface area (Å²) in [7, 11) is 0. The maximum absolute atomic E-state index is 13.7. The van der Waals surface area contributed by atoms with Crippen molar-refractivity contribution >= 4 is 39.8 Å². The molecule has 5 aromatic rings. The number of carbonyl (C=O) groups excluding carboxylic acids is 1. The molecule has 0 aliphatic rings. The lowest BCUT2D eigenvalue weighted by Crippen LogP contribution is -2.28. The zero-order valence-corrected chi connectivity index (χ0v) is 21.4. The Morgan fingerprint density at radius 1 is 1.03 bits per heavy atom. The molecule has 3 aromatic heterocycles. The Hall–Kier alpha value is -4.44. The average Bonchev–Trinajstić information content (AvgIpc) is 3.38. The highest BCUT2D eigenvalue weighted by molar-refractivity contribution is 7.15. The molecule has 0 saturated heterocycles. The molecule has 0 radical (unpaired) electrons. The standard InChI is InChI=1S/C28H24F2N6OS/c1-15-9-21(28(37)36-16(2)17-3-6-22(29)23(30)11-17)27(32-12-15)33-13-19-5-8-25(38-19)18-4-7-24-20(10-18)26(31)35-14-34-24/h3-12,14,16H,13H2,1-2H3,(H,32,33)(H,36,37)(H2,31,34,35). The van der Waals surface area contributed by atoms with Crippen LogP contribution in [-0.4, -0.2) is 20.9 Å². The van der Waals surface area contributed by atoms with E-state index in [4.69, 9.17) is 5.73 Å². The van der Waals surface area contributed by atoms with Gasteiger partial charge in [-0.2, -0.15) is 0 Å². The topological polar surface area (TPSA) is 106 Å². The van der Waals surface area contributed by atoms with Gasteiger partial charge in [0.2, 0.25) is 0 Å². The third-order valence-electron chi connectivity index (χ3n) is 6.10. The number of thiophene rings is 1. The molecular formula is C28H24F2N6OS. The number of hydrogen-bond acceptors (Lipinski definition) is 7. The number of aryl methyl sites for hydroxylation is 1. The van der Waals surface area contributed by atoms with Gasteiger partial charge in [0.1, 0.15) is 18.0 Å². The number of fused-ring (bicyclic) bond motifs is 1. The number of nitrogen functional groups attached to an aromatic ring is 1. The number of amides is 1. The molecule has 0 bridgehead atoms. The Morgan fingerprint density at radius 2 is 1.87 bits per heavy atom. The number of carbonyl (C=O) groups is 1. The molecule has 1 unspecified atom stereocenters. The molecule has 7 nitrogen and oxygen atoms in total. The zero-order valence-electron chi connectivity index (χ0n) is 20.6. The number of nitrogens with two attached hydrogens (primary N) is 1. The van der Waals surface area contributed by atoms with Gasteiger partial charge in [-0.3, -0.25) is 4.79 Å². The molecule has 10 heteroatoms. The van der Waals surface area contributed by atoms with E-state index < -0.39 is 17.7 Å². The van der Waals surface area contributed by atoms with Crippen molar-refractivity contribution in [1.82, 2.24) is 20.3 Å². The fourth-order valence-corrected chi connectivity index (χ4v) is 5.00. The van der Waals surface area contributed by atoms with Gasteiger partial charge in [-0.25, -0.2) is 23.7 Å². The van der Waals surface area contributed by atoms with Crippen molar-refractivity contribution in [3.63, 3.8) is 0 Å². The molecular weight excluding hydrogens is 506 g/mol. The van der Waals surface area contributed by atoms with E-state index in [9.17, 15) is 13.6 Å². The van der Waals surface area contributed by atoms with Gasteiger partial charge in [-0.1, -0.05) is 12.1 Å². The number of nitrogens with zero attached hydrogens (tertiary/aromatic N) is 3. The molecule has 1 atom stereocenters. The summed E-state index contributed by atoms with van der Waals surface area (Å²) in [5, 5.41) is 6.90. The van der Waals surface area contributed by atoms with Crippen LogP contribution in [0.1, 0.15) is 39.3 Å². The highest BCUT2D eigenvalue weighted by Gasteiger charge is 2.18. The van der Waals surface area contributed by atoms with Gasteiger partial charge in [-0.15, -0.1) is 11.3 Å². The lowest BCUT2D eigenvalue weighted by Gasteiger charge is -2.17. The van der Waals surface area contributed by atoms with Crippen molar-refractivity contribution in [2.24, 2.45) is 0 Å². The summed E-state index contributed by atoms with van der Waals surface area (Å²) in [6.07, 6.45) is 3.13. The fraction of sp³-hybridized carbons (Fsp3) is 0.143. The minimum Gasteiger partial charge on any atom is -0.383 e. The second-order valence-corrected chi connectivity index (χ2v) is 10.1. The van der Waals surface area contributed by atoms with Crippen LogP contribution >= 0.6 is 11.3 Å². The zero-order chi connectivity index (χ0) is 26.8. The summed E-state index contributed by atoms with van der Waals surface area (Å²) < 4.78 is 27.0. The number of rotatable bonds is 7. The molecule has 4 N–H and O–H groups in total. The Balaban J connectivity index is 1.31. The molecule has 1 amide bonds. The van der Waals surface area contributed by atoms with Gasteiger partial charge < -0.3 is 16.4 Å². The van der Waals surface area contributed by atoms with Gasteiger partial charge >= 0.3 is 0 Å². The van der Waals surface area contributed by atoms with Gasteiger partial charge in [0.25, 0.3) is 5.91 Å². The predicted octanol–water partition coefficient (Wildman–Crippen LogP) is 6.03. The minimum absolute atomic E-state index is 0.362. The third-order valence-corrected chi connectivity index (χ3v) is 7.24. The number of benzene rings is 2. The van der Waals surface area contributed by atoms with Crippen molar-refractivity contribution < 1.29 is 13.6 Å². The molecule has 0 spiro atoms. The predicted molar refractivity (Wildman–Crippen MR) is 146 cm³/mol. The Kier molecular flexibility index (Phi) is 6.97. The van der Waals surface area contributed by atoms with Crippen molar-refractivity contribution in [3.05, 3.63) is 100 Å². The van der Waals surface area contributed by atoms with Gasteiger partial charge in [-0.05, 0) is 73.0 Å². The number of pyridine rings is 1. The van der Waals surface area contributed by atoms with E-state index >= 15 is 0 Å². The van der Waals surface area contributed by atoms with Crippen LogP contribution in [0.5, 0.6) is 0 Å². The first-order chi connectivity index (χ1) is 18.3. The summed E-state index contributed by atoms with van der Waals surface area (Å²) in [6.45, 7) is 4.01. The average molecular weight is 531 g/mol. The minimum atomic E-state index is -0.959. The molecule has 192 valence electrons. The quantitative estimate of drug-likeness (QED) is 0.237. The van der Waals surface area contributed by atoms with Crippen molar-refractivity contribution in [2.75, 3.05) is 11.1 Å². The molecule has 0 fully saturated rings. The van der Waals surface area contributed by atoms with E-state index in [2.05, 4.69) is 25.6 Å². The normalized spacial score (nSPS) is 11.9. The second kappa shape index (κ2) is 10.5. The number of halogens is 2. The Morgan fingerprint density at radius 3 is 2.68 bits per heavy atom. The van der Waals surface area contributed by atoms with E-state index in [1.54, 1.807) is 30.5 Å². The maximum atomic E-state index is 13.7. The summed E-state index contributed by atoms with van der Waals surface area (Å²) in [5.41, 5.74) is 9.45. The van der Waals surface area contributed by atoms with Crippen LogP contribution < -0.4 is 16.4 Å². The van der Waals surface area contributed by atoms with Crippen molar-refractivity contribution in [1.29, 1.82) is 0 Å². The number of anilines is 2.